The third kappa shape index (κ3) is 3.81. The van der Waals surface area contributed by atoms with Crippen LogP contribution in [0.3, 0.4) is 0 Å². The second kappa shape index (κ2) is 5.85. The summed E-state index contributed by atoms with van der Waals surface area (Å²) in [6, 6.07) is 11.4. The Morgan fingerprint density at radius 1 is 1.25 bits per heavy atom. The van der Waals surface area contributed by atoms with Gasteiger partial charge in [0, 0.05) is 6.42 Å². The molecule has 3 heteroatoms. The number of benzene rings is 1. The van der Waals surface area contributed by atoms with Crippen molar-refractivity contribution in [1.29, 1.82) is 0 Å². The molecule has 88 valence electrons. The zero-order chi connectivity index (χ0) is 12.0. The van der Waals surface area contributed by atoms with Crippen molar-refractivity contribution in [3.05, 3.63) is 30.3 Å². The molecule has 1 aromatic rings. The number of hydrogen-bond acceptors (Lipinski definition) is 2. The van der Waals surface area contributed by atoms with Gasteiger partial charge in [-0.05, 0) is 13.0 Å². The quantitative estimate of drug-likeness (QED) is 0.580. The lowest BCUT2D eigenvalue weighted by Crippen LogP contribution is -2.41. The Kier molecular flexibility index (Phi) is 4.74. The summed E-state index contributed by atoms with van der Waals surface area (Å²) in [5.74, 6) is -0.0704. The maximum Gasteiger partial charge on any atom is 0.305 e. The van der Waals surface area contributed by atoms with Gasteiger partial charge in [-0.1, -0.05) is 48.6 Å². The Balaban J connectivity index is 2.55. The molecule has 0 heterocycles. The molecule has 0 N–H and O–H groups in total. The zero-order valence-corrected chi connectivity index (χ0v) is 11.3. The van der Waals surface area contributed by atoms with Crippen LogP contribution in [0.1, 0.15) is 13.3 Å². The van der Waals surface area contributed by atoms with E-state index in [1.807, 2.05) is 13.0 Å². The van der Waals surface area contributed by atoms with E-state index in [-0.39, 0.29) is 5.97 Å². The van der Waals surface area contributed by atoms with E-state index in [1.165, 1.54) is 5.19 Å². The number of ether oxygens (including phenoxy) is 1. The third-order valence-electron chi connectivity index (χ3n) is 2.81. The highest BCUT2D eigenvalue weighted by atomic mass is 28.3. The molecule has 1 rings (SSSR count). The number of carbonyl (C=O) groups is 1. The predicted molar refractivity (Wildman–Crippen MR) is 69.6 cm³/mol. The SMILES string of the molecule is CCOC(=O)CC[Si](C)(C)c1ccccc1. The van der Waals surface area contributed by atoms with Crippen LogP contribution in [0, 0.1) is 0 Å². The Hall–Kier alpha value is -1.09. The molecule has 0 bridgehead atoms. The first-order chi connectivity index (χ1) is 7.56. The van der Waals surface area contributed by atoms with Gasteiger partial charge >= 0.3 is 5.97 Å². The van der Waals surface area contributed by atoms with Crippen molar-refractivity contribution in [3.8, 4) is 0 Å². The van der Waals surface area contributed by atoms with Gasteiger partial charge < -0.3 is 4.74 Å². The van der Waals surface area contributed by atoms with E-state index in [0.717, 1.165) is 6.04 Å². The van der Waals surface area contributed by atoms with Gasteiger partial charge in [-0.25, -0.2) is 0 Å². The van der Waals surface area contributed by atoms with Crippen molar-refractivity contribution in [2.24, 2.45) is 0 Å². The molecule has 0 aliphatic carbocycles. The summed E-state index contributed by atoms with van der Waals surface area (Å²) in [6.07, 6.45) is 0.544. The second-order valence-electron chi connectivity index (χ2n) is 4.55. The zero-order valence-electron chi connectivity index (χ0n) is 10.3. The van der Waals surface area contributed by atoms with E-state index in [4.69, 9.17) is 4.74 Å². The minimum absolute atomic E-state index is 0.0704. The van der Waals surface area contributed by atoms with Gasteiger partial charge in [-0.3, -0.25) is 4.79 Å². The number of hydrogen-bond donors (Lipinski definition) is 0. The lowest BCUT2D eigenvalue weighted by molar-refractivity contribution is -0.142. The van der Waals surface area contributed by atoms with Gasteiger partial charge in [0.05, 0.1) is 14.7 Å². The smallest absolute Gasteiger partial charge is 0.305 e. The molecule has 0 saturated heterocycles. The molecule has 0 aliphatic rings. The molecule has 0 radical (unpaired) electrons. The van der Waals surface area contributed by atoms with Gasteiger partial charge in [0.2, 0.25) is 0 Å². The lowest BCUT2D eigenvalue weighted by Gasteiger charge is -2.22. The minimum Gasteiger partial charge on any atom is -0.466 e. The molecule has 0 unspecified atom stereocenters. The van der Waals surface area contributed by atoms with Crippen molar-refractivity contribution < 1.29 is 9.53 Å². The number of esters is 1. The average molecular weight is 236 g/mol. The van der Waals surface area contributed by atoms with E-state index in [1.54, 1.807) is 0 Å². The van der Waals surface area contributed by atoms with Crippen LogP contribution in [0.15, 0.2) is 30.3 Å². The van der Waals surface area contributed by atoms with Crippen LogP contribution in [0.5, 0.6) is 0 Å². The molecule has 0 amide bonds. The van der Waals surface area contributed by atoms with Crippen LogP contribution < -0.4 is 5.19 Å². The monoisotopic (exact) mass is 236 g/mol. The largest absolute Gasteiger partial charge is 0.466 e. The third-order valence-corrected chi connectivity index (χ3v) is 6.21. The average Bonchev–Trinajstić information content (AvgIpc) is 2.28. The summed E-state index contributed by atoms with van der Waals surface area (Å²) < 4.78 is 4.96. The van der Waals surface area contributed by atoms with Gasteiger partial charge in [0.1, 0.15) is 0 Å². The molecule has 16 heavy (non-hydrogen) atoms. The molecular weight excluding hydrogens is 216 g/mol. The first kappa shape index (κ1) is 13.0. The molecular formula is C13H20O2Si. The Labute approximate surface area is 98.6 Å². The fourth-order valence-electron chi connectivity index (χ4n) is 1.68. The van der Waals surface area contributed by atoms with Crippen LogP contribution >= 0.6 is 0 Å². The van der Waals surface area contributed by atoms with Gasteiger partial charge in [0.25, 0.3) is 0 Å². The van der Waals surface area contributed by atoms with Crippen LogP contribution in [0.2, 0.25) is 19.1 Å². The summed E-state index contributed by atoms with van der Waals surface area (Å²) in [7, 11) is -1.47. The van der Waals surface area contributed by atoms with Gasteiger partial charge in [0.15, 0.2) is 0 Å². The maximum absolute atomic E-state index is 11.3. The molecule has 0 aromatic heterocycles. The molecule has 0 fully saturated rings. The molecule has 0 saturated carbocycles. The van der Waals surface area contributed by atoms with Gasteiger partial charge in [-0.15, -0.1) is 0 Å². The van der Waals surface area contributed by atoms with Crippen molar-refractivity contribution in [2.45, 2.75) is 32.5 Å². The summed E-state index contributed by atoms with van der Waals surface area (Å²) in [5, 5.41) is 1.40. The Bertz CT molecular complexity index is 333. The highest BCUT2D eigenvalue weighted by Gasteiger charge is 2.24. The standard InChI is InChI=1S/C13H20O2Si/c1-4-15-13(14)10-11-16(2,3)12-8-6-5-7-9-12/h5-9H,4,10-11H2,1-3H3. The van der Waals surface area contributed by atoms with E-state index >= 15 is 0 Å². The minimum atomic E-state index is -1.47. The molecule has 0 aliphatic heterocycles. The van der Waals surface area contributed by atoms with Crippen molar-refractivity contribution in [3.63, 3.8) is 0 Å². The summed E-state index contributed by atoms with van der Waals surface area (Å²) in [5.41, 5.74) is 0. The predicted octanol–water partition coefficient (Wildman–Crippen LogP) is 2.56. The van der Waals surface area contributed by atoms with E-state index in [9.17, 15) is 4.79 Å². The van der Waals surface area contributed by atoms with Crippen LogP contribution in [-0.4, -0.2) is 20.7 Å². The second-order valence-corrected chi connectivity index (χ2v) is 9.40. The van der Waals surface area contributed by atoms with Crippen LogP contribution in [0.4, 0.5) is 0 Å². The highest BCUT2D eigenvalue weighted by molar-refractivity contribution is 6.89. The van der Waals surface area contributed by atoms with Crippen LogP contribution in [0.25, 0.3) is 0 Å². The fraction of sp³-hybridized carbons (Fsp3) is 0.462. The fourth-order valence-corrected chi connectivity index (χ4v) is 3.89. The Morgan fingerprint density at radius 3 is 2.44 bits per heavy atom. The summed E-state index contributed by atoms with van der Waals surface area (Å²) >= 11 is 0. The first-order valence-electron chi connectivity index (χ1n) is 5.77. The summed E-state index contributed by atoms with van der Waals surface area (Å²) in [6.45, 7) is 6.91. The topological polar surface area (TPSA) is 26.3 Å². The van der Waals surface area contributed by atoms with Crippen molar-refractivity contribution >= 4 is 19.2 Å². The lowest BCUT2D eigenvalue weighted by atomic mass is 10.4. The number of rotatable bonds is 5. The van der Waals surface area contributed by atoms with E-state index in [0.29, 0.717) is 13.0 Å². The van der Waals surface area contributed by atoms with Crippen molar-refractivity contribution in [2.75, 3.05) is 6.61 Å². The molecule has 0 spiro atoms. The molecule has 2 nitrogen and oxygen atoms in total. The highest BCUT2D eigenvalue weighted by Crippen LogP contribution is 2.12. The van der Waals surface area contributed by atoms with Crippen LogP contribution in [-0.2, 0) is 9.53 Å². The summed E-state index contributed by atoms with van der Waals surface area (Å²) in [4.78, 5) is 11.3. The van der Waals surface area contributed by atoms with E-state index in [2.05, 4.69) is 37.4 Å². The maximum atomic E-state index is 11.3. The van der Waals surface area contributed by atoms with Crippen molar-refractivity contribution in [1.82, 2.24) is 0 Å². The number of carbonyl (C=O) groups excluding carboxylic acids is 1. The Morgan fingerprint density at radius 2 is 1.88 bits per heavy atom. The molecule has 0 atom stereocenters. The molecule has 1 aromatic carbocycles. The van der Waals surface area contributed by atoms with Gasteiger partial charge in [-0.2, -0.15) is 0 Å². The van der Waals surface area contributed by atoms with E-state index < -0.39 is 8.07 Å². The normalized spacial score (nSPS) is 11.2. The first-order valence-corrected chi connectivity index (χ1v) is 8.98.